The Balaban J connectivity index is 2.85. The van der Waals surface area contributed by atoms with Crippen molar-refractivity contribution >= 4 is 0 Å². The number of methoxy groups -OCH3 is 1. The average Bonchev–Trinajstić information content (AvgIpc) is 2.25. The molecule has 2 nitrogen and oxygen atoms in total. The number of benzene rings is 1. The summed E-state index contributed by atoms with van der Waals surface area (Å²) in [4.78, 5) is 0. The molecule has 1 atom stereocenters. The number of alkyl halides is 3. The first-order chi connectivity index (χ1) is 7.49. The highest BCUT2D eigenvalue weighted by Crippen LogP contribution is 2.30. The molecule has 0 saturated carbocycles. The third kappa shape index (κ3) is 3.21. The molecule has 0 aliphatic heterocycles. The molecule has 0 aromatic heterocycles. The second-order valence-corrected chi connectivity index (χ2v) is 3.40. The Labute approximate surface area is 92.4 Å². The zero-order valence-electron chi connectivity index (χ0n) is 9.14. The molecule has 1 unspecified atom stereocenters. The summed E-state index contributed by atoms with van der Waals surface area (Å²) in [5.41, 5.74) is 0.0837. The van der Waals surface area contributed by atoms with Crippen molar-refractivity contribution < 1.29 is 17.9 Å². The molecule has 1 aromatic rings. The van der Waals surface area contributed by atoms with Crippen LogP contribution in [0.4, 0.5) is 13.2 Å². The van der Waals surface area contributed by atoms with Crippen LogP contribution in [0.5, 0.6) is 0 Å². The SMILES string of the molecule is CNCC(OC)c1ccc(C(F)(F)F)cc1. The fraction of sp³-hybridized carbons (Fsp3) is 0.455. The summed E-state index contributed by atoms with van der Waals surface area (Å²) in [6.07, 6.45) is -4.52. The second-order valence-electron chi connectivity index (χ2n) is 3.40. The van der Waals surface area contributed by atoms with Gasteiger partial charge in [-0.05, 0) is 24.7 Å². The quantitative estimate of drug-likeness (QED) is 0.863. The molecule has 16 heavy (non-hydrogen) atoms. The monoisotopic (exact) mass is 233 g/mol. The number of halogens is 3. The average molecular weight is 233 g/mol. The number of ether oxygens (including phenoxy) is 1. The number of hydrogen-bond donors (Lipinski definition) is 1. The van der Waals surface area contributed by atoms with Gasteiger partial charge in [0.05, 0.1) is 11.7 Å². The molecule has 1 aromatic carbocycles. The van der Waals surface area contributed by atoms with Crippen molar-refractivity contribution in [2.45, 2.75) is 12.3 Å². The lowest BCUT2D eigenvalue weighted by Crippen LogP contribution is -2.18. The molecule has 0 aliphatic carbocycles. The summed E-state index contributed by atoms with van der Waals surface area (Å²) in [5.74, 6) is 0. The van der Waals surface area contributed by atoms with Crippen LogP contribution in [-0.4, -0.2) is 20.7 Å². The minimum Gasteiger partial charge on any atom is -0.375 e. The topological polar surface area (TPSA) is 21.3 Å². The van der Waals surface area contributed by atoms with E-state index < -0.39 is 11.7 Å². The highest BCUT2D eigenvalue weighted by molar-refractivity contribution is 5.26. The van der Waals surface area contributed by atoms with Gasteiger partial charge < -0.3 is 10.1 Å². The van der Waals surface area contributed by atoms with E-state index in [-0.39, 0.29) is 6.10 Å². The smallest absolute Gasteiger partial charge is 0.375 e. The summed E-state index contributed by atoms with van der Waals surface area (Å²) in [6.45, 7) is 0.557. The molecule has 0 amide bonds. The number of nitrogens with one attached hydrogen (secondary N) is 1. The molecule has 0 heterocycles. The zero-order chi connectivity index (χ0) is 12.2. The number of rotatable bonds is 4. The third-order valence-electron chi connectivity index (χ3n) is 2.28. The Morgan fingerprint density at radius 1 is 1.25 bits per heavy atom. The summed E-state index contributed by atoms with van der Waals surface area (Å²) in [6, 6.07) is 5.01. The Kier molecular flexibility index (Phi) is 4.32. The van der Waals surface area contributed by atoms with Crippen LogP contribution in [-0.2, 0) is 10.9 Å². The molecule has 1 rings (SSSR count). The van der Waals surface area contributed by atoms with Gasteiger partial charge in [0.25, 0.3) is 0 Å². The van der Waals surface area contributed by atoms with Gasteiger partial charge in [0.15, 0.2) is 0 Å². The van der Waals surface area contributed by atoms with E-state index in [1.807, 2.05) is 0 Å². The largest absolute Gasteiger partial charge is 0.416 e. The van der Waals surface area contributed by atoms with E-state index in [1.165, 1.54) is 19.2 Å². The normalized spacial score (nSPS) is 13.8. The lowest BCUT2D eigenvalue weighted by Gasteiger charge is -2.16. The van der Waals surface area contributed by atoms with E-state index in [9.17, 15) is 13.2 Å². The molecule has 0 spiro atoms. The van der Waals surface area contributed by atoms with Crippen LogP contribution in [0, 0.1) is 0 Å². The van der Waals surface area contributed by atoms with Gasteiger partial charge in [-0.25, -0.2) is 0 Å². The highest BCUT2D eigenvalue weighted by Gasteiger charge is 2.30. The predicted molar refractivity (Wildman–Crippen MR) is 55.1 cm³/mol. The third-order valence-corrected chi connectivity index (χ3v) is 2.28. The van der Waals surface area contributed by atoms with Gasteiger partial charge in [-0.3, -0.25) is 0 Å². The van der Waals surface area contributed by atoms with Gasteiger partial charge in [-0.2, -0.15) is 13.2 Å². The fourth-order valence-electron chi connectivity index (χ4n) is 1.41. The van der Waals surface area contributed by atoms with Gasteiger partial charge in [0.2, 0.25) is 0 Å². The maximum atomic E-state index is 12.3. The molecular formula is C11H14F3NO. The predicted octanol–water partition coefficient (Wildman–Crippen LogP) is 2.61. The molecule has 90 valence electrons. The zero-order valence-corrected chi connectivity index (χ0v) is 9.14. The Morgan fingerprint density at radius 3 is 2.19 bits per heavy atom. The molecular weight excluding hydrogens is 219 g/mol. The van der Waals surface area contributed by atoms with Crippen molar-refractivity contribution in [3.63, 3.8) is 0 Å². The van der Waals surface area contributed by atoms with Crippen LogP contribution in [0.15, 0.2) is 24.3 Å². The van der Waals surface area contributed by atoms with Gasteiger partial charge in [0.1, 0.15) is 0 Å². The molecule has 0 fully saturated rings. The van der Waals surface area contributed by atoms with Gasteiger partial charge in [-0.1, -0.05) is 12.1 Å². The van der Waals surface area contributed by atoms with Crippen molar-refractivity contribution in [2.75, 3.05) is 20.7 Å². The molecule has 0 radical (unpaired) electrons. The van der Waals surface area contributed by atoms with E-state index in [1.54, 1.807) is 7.05 Å². The standard InChI is InChI=1S/C11H14F3NO/c1-15-7-10(16-2)8-3-5-9(6-4-8)11(12,13)14/h3-6,10,15H,7H2,1-2H3. The molecule has 0 bridgehead atoms. The van der Waals surface area contributed by atoms with Crippen molar-refractivity contribution in [3.8, 4) is 0 Å². The minimum absolute atomic E-state index is 0.229. The molecule has 0 aliphatic rings. The lowest BCUT2D eigenvalue weighted by atomic mass is 10.1. The van der Waals surface area contributed by atoms with Crippen LogP contribution in [0.2, 0.25) is 0 Å². The van der Waals surface area contributed by atoms with E-state index in [2.05, 4.69) is 5.32 Å². The molecule has 1 N–H and O–H groups in total. The van der Waals surface area contributed by atoms with Crippen molar-refractivity contribution in [3.05, 3.63) is 35.4 Å². The summed E-state index contributed by atoms with van der Waals surface area (Å²) in [5, 5.41) is 2.91. The fourth-order valence-corrected chi connectivity index (χ4v) is 1.41. The van der Waals surface area contributed by atoms with Crippen LogP contribution in [0.25, 0.3) is 0 Å². The minimum atomic E-state index is -4.29. The van der Waals surface area contributed by atoms with E-state index >= 15 is 0 Å². The first kappa shape index (κ1) is 13.0. The summed E-state index contributed by atoms with van der Waals surface area (Å²) < 4.78 is 42.1. The van der Waals surface area contributed by atoms with Crippen LogP contribution >= 0.6 is 0 Å². The first-order valence-electron chi connectivity index (χ1n) is 4.83. The maximum absolute atomic E-state index is 12.3. The summed E-state index contributed by atoms with van der Waals surface area (Å²) >= 11 is 0. The van der Waals surface area contributed by atoms with Crippen molar-refractivity contribution in [2.24, 2.45) is 0 Å². The van der Waals surface area contributed by atoms with Crippen molar-refractivity contribution in [1.29, 1.82) is 0 Å². The molecule has 0 saturated heterocycles. The van der Waals surface area contributed by atoms with Gasteiger partial charge in [0, 0.05) is 13.7 Å². The van der Waals surface area contributed by atoms with Crippen LogP contribution < -0.4 is 5.32 Å². The maximum Gasteiger partial charge on any atom is 0.416 e. The Hall–Kier alpha value is -1.07. The summed E-state index contributed by atoms with van der Waals surface area (Å²) in [7, 11) is 3.29. The Bertz CT molecular complexity index is 321. The number of likely N-dealkylation sites (N-methyl/N-ethyl adjacent to an activating group) is 1. The molecule has 5 heteroatoms. The highest BCUT2D eigenvalue weighted by atomic mass is 19.4. The first-order valence-corrected chi connectivity index (χ1v) is 4.83. The van der Waals surface area contributed by atoms with Gasteiger partial charge >= 0.3 is 6.18 Å². The van der Waals surface area contributed by atoms with E-state index in [0.29, 0.717) is 6.54 Å². The van der Waals surface area contributed by atoms with Crippen molar-refractivity contribution in [1.82, 2.24) is 5.32 Å². The van der Waals surface area contributed by atoms with E-state index in [4.69, 9.17) is 4.74 Å². The number of hydrogen-bond acceptors (Lipinski definition) is 2. The second kappa shape index (κ2) is 5.32. The lowest BCUT2D eigenvalue weighted by molar-refractivity contribution is -0.137. The van der Waals surface area contributed by atoms with E-state index in [0.717, 1.165) is 17.7 Å². The Morgan fingerprint density at radius 2 is 1.81 bits per heavy atom. The van der Waals surface area contributed by atoms with Gasteiger partial charge in [-0.15, -0.1) is 0 Å². The van der Waals surface area contributed by atoms with Crippen LogP contribution in [0.3, 0.4) is 0 Å². The van der Waals surface area contributed by atoms with Crippen LogP contribution in [0.1, 0.15) is 17.2 Å².